The molecule has 0 aromatic heterocycles. The number of halogens is 1. The van der Waals surface area contributed by atoms with Crippen LogP contribution in [0.2, 0.25) is 0 Å². The molecule has 0 unspecified atom stereocenters. The molecule has 3 N–H and O–H groups in total. The van der Waals surface area contributed by atoms with Crippen molar-refractivity contribution >= 4 is 60.3 Å². The summed E-state index contributed by atoms with van der Waals surface area (Å²) in [5.41, 5.74) is 3.28. The van der Waals surface area contributed by atoms with E-state index in [9.17, 15) is 8.42 Å². The highest BCUT2D eigenvalue weighted by Gasteiger charge is 2.20. The van der Waals surface area contributed by atoms with Gasteiger partial charge in [0.25, 0.3) is 10.0 Å². The van der Waals surface area contributed by atoms with Crippen LogP contribution in [0.25, 0.3) is 0 Å². The lowest BCUT2D eigenvalue weighted by Gasteiger charge is -2.16. The summed E-state index contributed by atoms with van der Waals surface area (Å²) in [5.74, 6) is 0.655. The van der Waals surface area contributed by atoms with Crippen molar-refractivity contribution in [3.63, 3.8) is 0 Å². The average molecular weight is 549 g/mol. The zero-order valence-electron chi connectivity index (χ0n) is 18.6. The van der Waals surface area contributed by atoms with Crippen molar-refractivity contribution in [1.29, 1.82) is 0 Å². The van der Waals surface area contributed by atoms with E-state index in [1.165, 1.54) is 11.6 Å². The molecule has 0 radical (unpaired) electrons. The first kappa shape index (κ1) is 25.0. The number of hydrogen-bond acceptors (Lipinski definition) is 4. The van der Waals surface area contributed by atoms with E-state index >= 15 is 0 Å². The van der Waals surface area contributed by atoms with Crippen LogP contribution in [0.1, 0.15) is 32.3 Å². The van der Waals surface area contributed by atoms with E-state index in [0.29, 0.717) is 33.5 Å². The number of benzene rings is 3. The summed E-state index contributed by atoms with van der Waals surface area (Å²) in [4.78, 5) is 0.0649. The van der Waals surface area contributed by atoms with Crippen LogP contribution in [0, 0.1) is 0 Å². The smallest absolute Gasteiger partial charge is 0.265 e. The minimum Gasteiger partial charge on any atom is -0.492 e. The van der Waals surface area contributed by atoms with Crippen molar-refractivity contribution in [2.45, 2.75) is 31.6 Å². The minimum atomic E-state index is -3.84. The Kier molecular flexibility index (Phi) is 8.34. The normalized spacial score (nSPS) is 11.2. The Labute approximate surface area is 208 Å². The van der Waals surface area contributed by atoms with Crippen LogP contribution in [0.15, 0.2) is 76.1 Å². The van der Waals surface area contributed by atoms with E-state index in [1.54, 1.807) is 43.3 Å². The molecular weight excluding hydrogens is 522 g/mol. The molecule has 174 valence electrons. The summed E-state index contributed by atoms with van der Waals surface area (Å²) >= 11 is 8.77. The first-order chi connectivity index (χ1) is 15.7. The molecule has 6 nitrogen and oxygen atoms in total. The van der Waals surface area contributed by atoms with Gasteiger partial charge in [-0.25, -0.2) is 8.42 Å². The predicted molar refractivity (Wildman–Crippen MR) is 143 cm³/mol. The van der Waals surface area contributed by atoms with E-state index in [0.717, 1.165) is 11.4 Å². The number of para-hydroxylation sites is 1. The summed E-state index contributed by atoms with van der Waals surface area (Å²) in [5, 5.41) is 6.81. The second-order valence-corrected chi connectivity index (χ2v) is 10.5. The van der Waals surface area contributed by atoms with Gasteiger partial charge in [-0.05, 0) is 79.2 Å². The molecule has 0 aliphatic heterocycles. The van der Waals surface area contributed by atoms with Gasteiger partial charge in [0, 0.05) is 21.5 Å². The number of sulfonamides is 1. The van der Waals surface area contributed by atoms with Gasteiger partial charge in [-0.3, -0.25) is 4.72 Å². The standard InChI is InChI=1S/C24H26BrN3O3S2/c1-4-31-22-14-9-17(25)15-23(22)33(29,30)28-19-12-10-18(11-13-19)26-24(32)27-21-8-6-5-7-20(21)16(2)3/h5-16,28H,4H2,1-3H3,(H2,26,27,32). The van der Waals surface area contributed by atoms with Crippen LogP contribution in [0.3, 0.4) is 0 Å². The van der Waals surface area contributed by atoms with Crippen LogP contribution in [0.5, 0.6) is 5.75 Å². The van der Waals surface area contributed by atoms with Gasteiger partial charge in [0.2, 0.25) is 0 Å². The Morgan fingerprint density at radius 1 is 1.00 bits per heavy atom. The largest absolute Gasteiger partial charge is 0.492 e. The maximum atomic E-state index is 12.9. The second kappa shape index (κ2) is 11.0. The topological polar surface area (TPSA) is 79.5 Å². The maximum Gasteiger partial charge on any atom is 0.265 e. The van der Waals surface area contributed by atoms with Gasteiger partial charge in [-0.2, -0.15) is 0 Å². The highest BCUT2D eigenvalue weighted by molar-refractivity contribution is 9.10. The number of ether oxygens (including phenoxy) is 1. The van der Waals surface area contributed by atoms with Gasteiger partial charge in [-0.1, -0.05) is 48.0 Å². The monoisotopic (exact) mass is 547 g/mol. The lowest BCUT2D eigenvalue weighted by molar-refractivity contribution is 0.331. The molecule has 0 saturated carbocycles. The average Bonchev–Trinajstić information content (AvgIpc) is 2.76. The van der Waals surface area contributed by atoms with Crippen LogP contribution in [-0.2, 0) is 10.0 Å². The van der Waals surface area contributed by atoms with Gasteiger partial charge in [-0.15, -0.1) is 0 Å². The predicted octanol–water partition coefficient (Wildman–Crippen LogP) is 6.58. The highest BCUT2D eigenvalue weighted by Crippen LogP contribution is 2.29. The first-order valence-corrected chi connectivity index (χ1v) is 13.1. The third kappa shape index (κ3) is 6.69. The molecule has 33 heavy (non-hydrogen) atoms. The fraction of sp³-hybridized carbons (Fsp3) is 0.208. The van der Waals surface area contributed by atoms with Crippen molar-refractivity contribution in [2.75, 3.05) is 22.0 Å². The zero-order chi connectivity index (χ0) is 24.0. The second-order valence-electron chi connectivity index (χ2n) is 7.53. The number of rotatable bonds is 8. The molecule has 0 atom stereocenters. The van der Waals surface area contributed by atoms with Crippen LogP contribution in [-0.4, -0.2) is 20.1 Å². The van der Waals surface area contributed by atoms with Gasteiger partial charge < -0.3 is 15.4 Å². The van der Waals surface area contributed by atoms with Crippen molar-refractivity contribution in [3.05, 3.63) is 76.8 Å². The molecule has 0 spiro atoms. The Hall–Kier alpha value is -2.62. The molecule has 0 fully saturated rings. The van der Waals surface area contributed by atoms with Crippen molar-refractivity contribution < 1.29 is 13.2 Å². The van der Waals surface area contributed by atoms with Gasteiger partial charge in [0.1, 0.15) is 10.6 Å². The Morgan fingerprint density at radius 2 is 1.67 bits per heavy atom. The van der Waals surface area contributed by atoms with E-state index in [2.05, 4.69) is 51.2 Å². The summed E-state index contributed by atoms with van der Waals surface area (Å²) in [6, 6.07) is 19.7. The fourth-order valence-corrected chi connectivity index (χ4v) is 5.17. The van der Waals surface area contributed by atoms with E-state index in [1.807, 2.05) is 18.2 Å². The number of anilines is 3. The molecule has 0 amide bonds. The molecule has 0 heterocycles. The fourth-order valence-electron chi connectivity index (χ4n) is 3.20. The summed E-state index contributed by atoms with van der Waals surface area (Å²) in [7, 11) is -3.84. The molecule has 9 heteroatoms. The van der Waals surface area contributed by atoms with Crippen molar-refractivity contribution in [1.82, 2.24) is 0 Å². The van der Waals surface area contributed by atoms with Crippen LogP contribution >= 0.6 is 28.1 Å². The molecule has 0 aliphatic carbocycles. The highest BCUT2D eigenvalue weighted by atomic mass is 79.9. The molecule has 3 rings (SSSR count). The first-order valence-electron chi connectivity index (χ1n) is 10.4. The number of hydrogen-bond donors (Lipinski definition) is 3. The maximum absolute atomic E-state index is 12.9. The third-order valence-corrected chi connectivity index (χ3v) is 6.82. The lowest BCUT2D eigenvalue weighted by atomic mass is 10.0. The van der Waals surface area contributed by atoms with Gasteiger partial charge >= 0.3 is 0 Å². The summed E-state index contributed by atoms with van der Waals surface area (Å²) in [6.45, 7) is 6.42. The molecular formula is C24H26BrN3O3S2. The molecule has 0 aliphatic rings. The van der Waals surface area contributed by atoms with Gasteiger partial charge in [0.05, 0.1) is 6.61 Å². The SMILES string of the molecule is CCOc1ccc(Br)cc1S(=O)(=O)Nc1ccc(NC(=S)Nc2ccccc2C(C)C)cc1. The van der Waals surface area contributed by atoms with Crippen molar-refractivity contribution in [3.8, 4) is 5.75 Å². The summed E-state index contributed by atoms with van der Waals surface area (Å²) < 4.78 is 34.6. The van der Waals surface area contributed by atoms with E-state index in [4.69, 9.17) is 17.0 Å². The quantitative estimate of drug-likeness (QED) is 0.276. The third-order valence-electron chi connectivity index (χ3n) is 4.72. The van der Waals surface area contributed by atoms with Gasteiger partial charge in [0.15, 0.2) is 5.11 Å². The van der Waals surface area contributed by atoms with Crippen molar-refractivity contribution in [2.24, 2.45) is 0 Å². The van der Waals surface area contributed by atoms with E-state index in [-0.39, 0.29) is 4.90 Å². The molecule has 0 saturated heterocycles. The molecule has 0 bridgehead atoms. The Balaban J connectivity index is 1.70. The lowest BCUT2D eigenvalue weighted by Crippen LogP contribution is -2.20. The molecule has 3 aromatic rings. The van der Waals surface area contributed by atoms with Crippen LogP contribution in [0.4, 0.5) is 17.1 Å². The number of nitrogens with one attached hydrogen (secondary N) is 3. The Morgan fingerprint density at radius 3 is 2.33 bits per heavy atom. The zero-order valence-corrected chi connectivity index (χ0v) is 21.8. The Bertz CT molecular complexity index is 1230. The van der Waals surface area contributed by atoms with E-state index < -0.39 is 10.0 Å². The summed E-state index contributed by atoms with van der Waals surface area (Å²) in [6.07, 6.45) is 0. The number of thiocarbonyl (C=S) groups is 1. The minimum absolute atomic E-state index is 0.0649. The van der Waals surface area contributed by atoms with Crippen LogP contribution < -0.4 is 20.1 Å². The molecule has 3 aromatic carbocycles.